The molecule has 0 heterocycles. The van der Waals surface area contributed by atoms with Gasteiger partial charge in [-0.3, -0.25) is 4.79 Å². The minimum atomic E-state index is -0.696. The number of nitrogens with one attached hydrogen (secondary N) is 1. The zero-order valence-electron chi connectivity index (χ0n) is 14.0. The number of carbonyl (C=O) groups excluding carboxylic acids is 2. The number of halogens is 2. The van der Waals surface area contributed by atoms with E-state index in [0.717, 1.165) is 17.7 Å². The fourth-order valence-corrected chi connectivity index (χ4v) is 2.69. The first-order valence-corrected chi connectivity index (χ1v) is 8.69. The number of amides is 1. The van der Waals surface area contributed by atoms with Gasteiger partial charge in [-0.15, -0.1) is 0 Å². The van der Waals surface area contributed by atoms with Crippen LogP contribution in [0.4, 0.5) is 5.69 Å². The monoisotopic (exact) mass is 379 g/mol. The van der Waals surface area contributed by atoms with E-state index < -0.39 is 18.5 Å². The van der Waals surface area contributed by atoms with Crippen molar-refractivity contribution in [2.75, 3.05) is 11.9 Å². The Morgan fingerprint density at radius 1 is 1.12 bits per heavy atom. The maximum absolute atomic E-state index is 12.1. The topological polar surface area (TPSA) is 55.4 Å². The first-order chi connectivity index (χ1) is 11.9. The van der Waals surface area contributed by atoms with Gasteiger partial charge < -0.3 is 10.1 Å². The van der Waals surface area contributed by atoms with Crippen molar-refractivity contribution in [3.05, 3.63) is 63.6 Å². The SMILES string of the molecule is CC[C@@H](C)c1ccccc1NC(=O)COC(=O)c1cccc(Cl)c1Cl. The largest absolute Gasteiger partial charge is 0.452 e. The lowest BCUT2D eigenvalue weighted by molar-refractivity contribution is -0.119. The molecule has 0 unspecified atom stereocenters. The summed E-state index contributed by atoms with van der Waals surface area (Å²) in [5.41, 5.74) is 1.89. The highest BCUT2D eigenvalue weighted by Gasteiger charge is 2.16. The molecule has 2 aromatic rings. The van der Waals surface area contributed by atoms with Crippen molar-refractivity contribution in [2.45, 2.75) is 26.2 Å². The van der Waals surface area contributed by atoms with Crippen molar-refractivity contribution in [3.63, 3.8) is 0 Å². The van der Waals surface area contributed by atoms with Crippen LogP contribution in [0.15, 0.2) is 42.5 Å². The van der Waals surface area contributed by atoms with Gasteiger partial charge >= 0.3 is 5.97 Å². The van der Waals surface area contributed by atoms with Crippen molar-refractivity contribution in [3.8, 4) is 0 Å². The normalized spacial score (nSPS) is 11.7. The first kappa shape index (κ1) is 19.3. The molecule has 0 saturated carbocycles. The zero-order valence-corrected chi connectivity index (χ0v) is 15.5. The number of para-hydroxylation sites is 1. The van der Waals surface area contributed by atoms with Gasteiger partial charge in [-0.1, -0.05) is 61.3 Å². The molecule has 0 radical (unpaired) electrons. The van der Waals surface area contributed by atoms with E-state index >= 15 is 0 Å². The lowest BCUT2D eigenvalue weighted by Crippen LogP contribution is -2.22. The molecule has 0 aliphatic carbocycles. The molecule has 0 bridgehead atoms. The third kappa shape index (κ3) is 4.97. The van der Waals surface area contributed by atoms with Crippen LogP contribution in [0.2, 0.25) is 10.0 Å². The second kappa shape index (κ2) is 8.88. The van der Waals surface area contributed by atoms with E-state index in [2.05, 4.69) is 19.2 Å². The molecule has 1 N–H and O–H groups in total. The Balaban J connectivity index is 2.00. The van der Waals surface area contributed by atoms with Crippen LogP contribution in [0.1, 0.15) is 42.1 Å². The molecule has 0 aromatic heterocycles. The van der Waals surface area contributed by atoms with Crippen molar-refractivity contribution >= 4 is 40.8 Å². The molecular weight excluding hydrogens is 361 g/mol. The van der Waals surface area contributed by atoms with E-state index in [4.69, 9.17) is 27.9 Å². The lowest BCUT2D eigenvalue weighted by atomic mass is 9.97. The number of rotatable bonds is 6. The van der Waals surface area contributed by atoms with Crippen LogP contribution in [-0.4, -0.2) is 18.5 Å². The van der Waals surface area contributed by atoms with Crippen molar-refractivity contribution < 1.29 is 14.3 Å². The van der Waals surface area contributed by atoms with Crippen LogP contribution >= 0.6 is 23.2 Å². The number of benzene rings is 2. The third-order valence-corrected chi connectivity index (χ3v) is 4.70. The molecule has 25 heavy (non-hydrogen) atoms. The molecule has 2 rings (SSSR count). The predicted molar refractivity (Wildman–Crippen MR) is 101 cm³/mol. The fourth-order valence-electron chi connectivity index (χ4n) is 2.32. The van der Waals surface area contributed by atoms with E-state index in [1.54, 1.807) is 12.1 Å². The minimum Gasteiger partial charge on any atom is -0.452 e. The second-order valence-electron chi connectivity index (χ2n) is 5.62. The Kier molecular flexibility index (Phi) is 6.85. The second-order valence-corrected chi connectivity index (χ2v) is 6.41. The summed E-state index contributed by atoms with van der Waals surface area (Å²) in [4.78, 5) is 24.2. The summed E-state index contributed by atoms with van der Waals surface area (Å²) >= 11 is 11.8. The molecule has 0 saturated heterocycles. The van der Waals surface area contributed by atoms with Gasteiger partial charge in [0.1, 0.15) is 0 Å². The van der Waals surface area contributed by atoms with E-state index in [-0.39, 0.29) is 15.6 Å². The molecule has 0 aliphatic heterocycles. The van der Waals surface area contributed by atoms with Gasteiger partial charge in [0.25, 0.3) is 5.91 Å². The summed E-state index contributed by atoms with van der Waals surface area (Å²) in [6, 6.07) is 12.2. The third-order valence-electron chi connectivity index (χ3n) is 3.88. The molecule has 4 nitrogen and oxygen atoms in total. The molecule has 132 valence electrons. The predicted octanol–water partition coefficient (Wildman–Crippen LogP) is 5.30. The quantitative estimate of drug-likeness (QED) is 0.692. The summed E-state index contributed by atoms with van der Waals surface area (Å²) in [6.07, 6.45) is 0.954. The van der Waals surface area contributed by atoms with Crippen molar-refractivity contribution in [1.29, 1.82) is 0 Å². The summed E-state index contributed by atoms with van der Waals surface area (Å²) < 4.78 is 5.03. The molecule has 1 atom stereocenters. The van der Waals surface area contributed by atoms with Gasteiger partial charge in [0.05, 0.1) is 15.6 Å². The molecule has 0 fully saturated rings. The van der Waals surface area contributed by atoms with E-state index in [1.807, 2.05) is 24.3 Å². The summed E-state index contributed by atoms with van der Waals surface area (Å²) in [5, 5.41) is 3.14. The summed E-state index contributed by atoms with van der Waals surface area (Å²) in [5.74, 6) is -0.801. The fraction of sp³-hybridized carbons (Fsp3) is 0.263. The van der Waals surface area contributed by atoms with Gasteiger partial charge in [0.15, 0.2) is 6.61 Å². The van der Waals surface area contributed by atoms with Crippen LogP contribution < -0.4 is 5.32 Å². The average Bonchev–Trinajstić information content (AvgIpc) is 2.61. The number of ether oxygens (including phenoxy) is 1. The average molecular weight is 380 g/mol. The Morgan fingerprint density at radius 2 is 1.84 bits per heavy atom. The highest BCUT2D eigenvalue weighted by Crippen LogP contribution is 2.27. The Labute approximate surface area is 157 Å². The summed E-state index contributed by atoms with van der Waals surface area (Å²) in [7, 11) is 0. The molecule has 2 aromatic carbocycles. The minimum absolute atomic E-state index is 0.108. The van der Waals surface area contributed by atoms with Crippen LogP contribution in [0.25, 0.3) is 0 Å². The molecule has 6 heteroatoms. The molecule has 0 spiro atoms. The smallest absolute Gasteiger partial charge is 0.340 e. The lowest BCUT2D eigenvalue weighted by Gasteiger charge is -2.15. The van der Waals surface area contributed by atoms with E-state index in [9.17, 15) is 9.59 Å². The number of hydrogen-bond acceptors (Lipinski definition) is 3. The highest BCUT2D eigenvalue weighted by atomic mass is 35.5. The number of anilines is 1. The summed E-state index contributed by atoms with van der Waals surface area (Å²) in [6.45, 7) is 3.77. The molecule has 0 aliphatic rings. The van der Waals surface area contributed by atoms with Crippen LogP contribution in [-0.2, 0) is 9.53 Å². The Bertz CT molecular complexity index is 777. The standard InChI is InChI=1S/C19H19Cl2NO3/c1-3-12(2)13-7-4-5-10-16(13)22-17(23)11-25-19(24)14-8-6-9-15(20)18(14)21/h4-10,12H,3,11H2,1-2H3,(H,22,23)/t12-/m1/s1. The van der Waals surface area contributed by atoms with Gasteiger partial charge in [-0.25, -0.2) is 4.79 Å². The first-order valence-electron chi connectivity index (χ1n) is 7.94. The Morgan fingerprint density at radius 3 is 2.56 bits per heavy atom. The van der Waals surface area contributed by atoms with Gasteiger partial charge in [0, 0.05) is 5.69 Å². The number of hydrogen-bond donors (Lipinski definition) is 1. The van der Waals surface area contributed by atoms with Crippen LogP contribution in [0.5, 0.6) is 0 Å². The van der Waals surface area contributed by atoms with E-state index in [1.165, 1.54) is 6.07 Å². The maximum Gasteiger partial charge on any atom is 0.340 e. The Hall–Kier alpha value is -2.04. The van der Waals surface area contributed by atoms with Gasteiger partial charge in [-0.05, 0) is 36.1 Å². The van der Waals surface area contributed by atoms with Crippen LogP contribution in [0.3, 0.4) is 0 Å². The van der Waals surface area contributed by atoms with E-state index in [0.29, 0.717) is 5.92 Å². The van der Waals surface area contributed by atoms with Crippen molar-refractivity contribution in [1.82, 2.24) is 0 Å². The number of carbonyl (C=O) groups is 2. The van der Waals surface area contributed by atoms with Gasteiger partial charge in [-0.2, -0.15) is 0 Å². The molecule has 1 amide bonds. The zero-order chi connectivity index (χ0) is 18.4. The van der Waals surface area contributed by atoms with Gasteiger partial charge in [0.2, 0.25) is 0 Å². The molecular formula is C19H19Cl2NO3. The highest BCUT2D eigenvalue weighted by molar-refractivity contribution is 6.43. The van der Waals surface area contributed by atoms with Crippen molar-refractivity contribution in [2.24, 2.45) is 0 Å². The number of esters is 1. The van der Waals surface area contributed by atoms with Crippen LogP contribution in [0, 0.1) is 0 Å². The maximum atomic E-state index is 12.1.